The van der Waals surface area contributed by atoms with Crippen LogP contribution in [0, 0.1) is 6.92 Å². The number of hydrogen-bond donors (Lipinski definition) is 2. The number of aromatic nitrogens is 2. The van der Waals surface area contributed by atoms with E-state index >= 15 is 0 Å². The molecule has 0 aromatic carbocycles. The van der Waals surface area contributed by atoms with Crippen molar-refractivity contribution in [2.75, 3.05) is 31.3 Å². The molecular formula is C14H23N5O. The Balaban J connectivity index is 2.18. The lowest BCUT2D eigenvalue weighted by atomic mass is 10.1. The maximum Gasteiger partial charge on any atom is 0.222 e. The van der Waals surface area contributed by atoms with Crippen molar-refractivity contribution in [3.05, 3.63) is 11.4 Å². The number of rotatable bonds is 4. The number of anilines is 2. The minimum absolute atomic E-state index is 0.215. The molecule has 1 fully saturated rings. The number of amides is 1. The monoisotopic (exact) mass is 277 g/mol. The van der Waals surface area contributed by atoms with Gasteiger partial charge in [-0.1, -0.05) is 6.92 Å². The Kier molecular flexibility index (Phi) is 4.42. The van der Waals surface area contributed by atoms with Crippen LogP contribution in [-0.4, -0.2) is 47.5 Å². The predicted molar refractivity (Wildman–Crippen MR) is 80.0 cm³/mol. The van der Waals surface area contributed by atoms with E-state index in [4.69, 9.17) is 0 Å². The van der Waals surface area contributed by atoms with Gasteiger partial charge in [-0.3, -0.25) is 4.79 Å². The fourth-order valence-electron chi connectivity index (χ4n) is 2.43. The molecular weight excluding hydrogens is 254 g/mol. The van der Waals surface area contributed by atoms with Gasteiger partial charge in [0.1, 0.15) is 17.5 Å². The average Bonchev–Trinajstić information content (AvgIpc) is 2.45. The smallest absolute Gasteiger partial charge is 0.222 e. The highest BCUT2D eigenvalue weighted by molar-refractivity contribution is 5.77. The highest BCUT2D eigenvalue weighted by atomic mass is 16.2. The van der Waals surface area contributed by atoms with Gasteiger partial charge < -0.3 is 15.5 Å². The van der Waals surface area contributed by atoms with Gasteiger partial charge in [-0.2, -0.15) is 0 Å². The Morgan fingerprint density at radius 1 is 1.35 bits per heavy atom. The minimum Gasteiger partial charge on any atom is -0.373 e. The number of hydrogen-bond acceptors (Lipinski definition) is 5. The van der Waals surface area contributed by atoms with Crippen molar-refractivity contribution in [3.63, 3.8) is 0 Å². The second-order valence-corrected chi connectivity index (χ2v) is 5.22. The molecule has 0 bridgehead atoms. The minimum atomic E-state index is 0.215. The van der Waals surface area contributed by atoms with Crippen LogP contribution in [0.15, 0.2) is 0 Å². The molecule has 2 N–H and O–H groups in total. The molecule has 1 amide bonds. The largest absolute Gasteiger partial charge is 0.373 e. The number of likely N-dealkylation sites (tertiary alicyclic amines) is 1. The lowest BCUT2D eigenvalue weighted by molar-refractivity contribution is -0.132. The molecule has 1 aliphatic rings. The number of nitrogens with zero attached hydrogens (tertiary/aromatic N) is 3. The van der Waals surface area contributed by atoms with Crippen LogP contribution in [0.1, 0.15) is 31.2 Å². The number of carbonyl (C=O) groups excluding carboxylic acids is 1. The van der Waals surface area contributed by atoms with Gasteiger partial charge in [0, 0.05) is 45.1 Å². The molecule has 1 aliphatic heterocycles. The Bertz CT molecular complexity index is 503. The summed E-state index contributed by atoms with van der Waals surface area (Å²) in [7, 11) is 3.71. The highest BCUT2D eigenvalue weighted by Gasteiger charge is 2.23. The summed E-state index contributed by atoms with van der Waals surface area (Å²) in [5, 5.41) is 6.57. The second-order valence-electron chi connectivity index (χ2n) is 5.22. The van der Waals surface area contributed by atoms with Crippen LogP contribution in [0.2, 0.25) is 0 Å². The lowest BCUT2D eigenvalue weighted by Gasteiger charge is -2.31. The third-order valence-corrected chi connectivity index (χ3v) is 3.71. The summed E-state index contributed by atoms with van der Waals surface area (Å²) < 4.78 is 0. The van der Waals surface area contributed by atoms with Gasteiger partial charge in [0.2, 0.25) is 5.91 Å². The summed E-state index contributed by atoms with van der Waals surface area (Å²) in [6.07, 6.45) is 2.24. The Morgan fingerprint density at radius 3 is 2.65 bits per heavy atom. The van der Waals surface area contributed by atoms with E-state index < -0.39 is 0 Å². The molecule has 2 rings (SSSR count). The third kappa shape index (κ3) is 3.00. The number of aryl methyl sites for hydroxylation is 1. The molecule has 110 valence electrons. The summed E-state index contributed by atoms with van der Waals surface area (Å²) in [5.41, 5.74) is 1.02. The SMILES string of the molecule is CCc1nc(NC)c(C)c(NC2CCC(=O)N(C)C2)n1. The molecule has 6 nitrogen and oxygen atoms in total. The summed E-state index contributed by atoms with van der Waals surface area (Å²) in [6, 6.07) is 0.251. The first-order valence-electron chi connectivity index (χ1n) is 7.10. The number of piperidine rings is 1. The Morgan fingerprint density at radius 2 is 2.05 bits per heavy atom. The summed E-state index contributed by atoms with van der Waals surface area (Å²) >= 11 is 0. The van der Waals surface area contributed by atoms with Crippen molar-refractivity contribution in [1.29, 1.82) is 0 Å². The van der Waals surface area contributed by atoms with E-state index in [0.29, 0.717) is 6.42 Å². The van der Waals surface area contributed by atoms with E-state index in [2.05, 4.69) is 20.6 Å². The molecule has 2 heterocycles. The molecule has 1 unspecified atom stereocenters. The van der Waals surface area contributed by atoms with E-state index in [9.17, 15) is 4.79 Å². The van der Waals surface area contributed by atoms with Crippen LogP contribution >= 0.6 is 0 Å². The van der Waals surface area contributed by atoms with E-state index in [1.165, 1.54) is 0 Å². The molecule has 1 atom stereocenters. The summed E-state index contributed by atoms with van der Waals surface area (Å²) in [6.45, 7) is 4.77. The molecule has 6 heteroatoms. The van der Waals surface area contributed by atoms with Crippen molar-refractivity contribution in [3.8, 4) is 0 Å². The first kappa shape index (κ1) is 14.6. The predicted octanol–water partition coefficient (Wildman–Crippen LogP) is 1.42. The Labute approximate surface area is 120 Å². The van der Waals surface area contributed by atoms with Gasteiger partial charge in [-0.25, -0.2) is 9.97 Å². The molecule has 1 aromatic heterocycles. The maximum atomic E-state index is 11.5. The molecule has 0 radical (unpaired) electrons. The number of likely N-dealkylation sites (N-methyl/N-ethyl adjacent to an activating group) is 1. The highest BCUT2D eigenvalue weighted by Crippen LogP contribution is 2.22. The van der Waals surface area contributed by atoms with Crippen molar-refractivity contribution >= 4 is 17.5 Å². The van der Waals surface area contributed by atoms with E-state index in [0.717, 1.165) is 42.4 Å². The second kappa shape index (κ2) is 6.07. The van der Waals surface area contributed by atoms with Crippen molar-refractivity contribution < 1.29 is 4.79 Å². The molecule has 20 heavy (non-hydrogen) atoms. The van der Waals surface area contributed by atoms with Crippen LogP contribution in [0.25, 0.3) is 0 Å². The van der Waals surface area contributed by atoms with E-state index in [1.807, 2.05) is 27.9 Å². The number of nitrogens with one attached hydrogen (secondary N) is 2. The van der Waals surface area contributed by atoms with Crippen molar-refractivity contribution in [1.82, 2.24) is 14.9 Å². The Hall–Kier alpha value is -1.85. The number of carbonyl (C=O) groups is 1. The van der Waals surface area contributed by atoms with Gasteiger partial charge in [-0.15, -0.1) is 0 Å². The van der Waals surface area contributed by atoms with Gasteiger partial charge in [0.05, 0.1) is 0 Å². The standard InChI is InChI=1S/C14H23N5O/c1-5-11-17-13(15-3)9(2)14(18-11)16-10-6-7-12(20)19(4)8-10/h10H,5-8H2,1-4H3,(H2,15,16,17,18). The fraction of sp³-hybridized carbons (Fsp3) is 0.643. The first-order chi connectivity index (χ1) is 9.55. The molecule has 1 saturated heterocycles. The maximum absolute atomic E-state index is 11.5. The van der Waals surface area contributed by atoms with Crippen LogP contribution in [-0.2, 0) is 11.2 Å². The van der Waals surface area contributed by atoms with Crippen LogP contribution in [0.3, 0.4) is 0 Å². The average molecular weight is 277 g/mol. The zero-order valence-electron chi connectivity index (χ0n) is 12.7. The summed E-state index contributed by atoms with van der Waals surface area (Å²) in [4.78, 5) is 22.3. The van der Waals surface area contributed by atoms with Crippen molar-refractivity contribution in [2.45, 2.75) is 39.2 Å². The van der Waals surface area contributed by atoms with Crippen LogP contribution < -0.4 is 10.6 Å². The van der Waals surface area contributed by atoms with Gasteiger partial charge >= 0.3 is 0 Å². The lowest BCUT2D eigenvalue weighted by Crippen LogP contribution is -2.43. The zero-order valence-corrected chi connectivity index (χ0v) is 12.7. The van der Waals surface area contributed by atoms with E-state index in [1.54, 1.807) is 4.90 Å². The molecule has 0 aliphatic carbocycles. The van der Waals surface area contributed by atoms with Gasteiger partial charge in [-0.05, 0) is 13.3 Å². The van der Waals surface area contributed by atoms with Gasteiger partial charge in [0.25, 0.3) is 0 Å². The summed E-state index contributed by atoms with van der Waals surface area (Å²) in [5.74, 6) is 2.77. The third-order valence-electron chi connectivity index (χ3n) is 3.71. The van der Waals surface area contributed by atoms with Crippen LogP contribution in [0.4, 0.5) is 11.6 Å². The molecule has 0 saturated carbocycles. The normalized spacial score (nSPS) is 19.1. The molecule has 0 spiro atoms. The quantitative estimate of drug-likeness (QED) is 0.871. The van der Waals surface area contributed by atoms with Crippen molar-refractivity contribution in [2.24, 2.45) is 0 Å². The first-order valence-corrected chi connectivity index (χ1v) is 7.10. The van der Waals surface area contributed by atoms with E-state index in [-0.39, 0.29) is 11.9 Å². The topological polar surface area (TPSA) is 70.2 Å². The fourth-order valence-corrected chi connectivity index (χ4v) is 2.43. The zero-order chi connectivity index (χ0) is 14.7. The molecule has 1 aromatic rings. The van der Waals surface area contributed by atoms with Gasteiger partial charge in [0.15, 0.2) is 0 Å². The van der Waals surface area contributed by atoms with Crippen LogP contribution in [0.5, 0.6) is 0 Å².